The van der Waals surface area contributed by atoms with Gasteiger partial charge in [0, 0.05) is 6.54 Å². The van der Waals surface area contributed by atoms with E-state index in [1.54, 1.807) is 0 Å². The summed E-state index contributed by atoms with van der Waals surface area (Å²) in [6, 6.07) is 9.93. The Morgan fingerprint density at radius 2 is 2.07 bits per heavy atom. The summed E-state index contributed by atoms with van der Waals surface area (Å²) in [5, 5.41) is 0. The highest BCUT2D eigenvalue weighted by Gasteiger charge is 2.76. The van der Waals surface area contributed by atoms with Crippen molar-refractivity contribution in [3.05, 3.63) is 59.7 Å². The average Bonchev–Trinajstić information content (AvgIpc) is 3.28. The molecule has 2 fully saturated rings. The number of hydrogen-bond acceptors (Lipinski definition) is 4. The number of hydrogen-bond donors (Lipinski definition) is 0. The fraction of sp³-hybridized carbons (Fsp3) is 0.478. The molecule has 1 aromatic rings. The Labute approximate surface area is 166 Å². The van der Waals surface area contributed by atoms with Crippen molar-refractivity contribution in [2.75, 3.05) is 13.7 Å². The van der Waals surface area contributed by atoms with Gasteiger partial charge < -0.3 is 14.4 Å². The molecule has 4 atom stereocenters. The van der Waals surface area contributed by atoms with Crippen LogP contribution in [0, 0.1) is 11.3 Å². The van der Waals surface area contributed by atoms with Gasteiger partial charge in [-0.2, -0.15) is 0 Å². The minimum Gasteiger partial charge on any atom is -0.469 e. The molecule has 0 aromatic heterocycles. The Bertz CT molecular complexity index is 841. The van der Waals surface area contributed by atoms with Crippen LogP contribution < -0.4 is 0 Å². The van der Waals surface area contributed by atoms with Crippen LogP contribution in [0.1, 0.15) is 32.3 Å². The van der Waals surface area contributed by atoms with E-state index in [4.69, 9.17) is 9.47 Å². The molecule has 0 aliphatic carbocycles. The molecule has 2 bridgehead atoms. The number of likely N-dealkylation sites (tertiary alicyclic amines) is 1. The van der Waals surface area contributed by atoms with Crippen molar-refractivity contribution in [1.82, 2.24) is 4.90 Å². The molecular formula is C23H27NO4. The molecule has 5 heteroatoms. The number of ether oxygens (including phenoxy) is 2. The number of methoxy groups -OCH3 is 1. The Morgan fingerprint density at radius 3 is 2.75 bits per heavy atom. The minimum absolute atomic E-state index is 0.000703. The van der Waals surface area contributed by atoms with E-state index in [1.165, 1.54) is 12.7 Å². The van der Waals surface area contributed by atoms with Gasteiger partial charge in [0.15, 0.2) is 0 Å². The zero-order chi connectivity index (χ0) is 19.9. The normalized spacial score (nSPS) is 32.5. The van der Waals surface area contributed by atoms with Crippen molar-refractivity contribution in [2.24, 2.45) is 11.3 Å². The third-order valence-corrected chi connectivity index (χ3v) is 6.37. The van der Waals surface area contributed by atoms with E-state index in [0.717, 1.165) is 12.0 Å². The topological polar surface area (TPSA) is 55.8 Å². The van der Waals surface area contributed by atoms with Crippen LogP contribution in [0.5, 0.6) is 0 Å². The molecule has 0 N–H and O–H groups in total. The highest BCUT2D eigenvalue weighted by atomic mass is 16.5. The maximum atomic E-state index is 13.8. The number of nitrogens with zero attached hydrogens (tertiary/aromatic N) is 1. The van der Waals surface area contributed by atoms with Gasteiger partial charge in [0.1, 0.15) is 16.9 Å². The van der Waals surface area contributed by atoms with Gasteiger partial charge in [-0.3, -0.25) is 9.59 Å². The lowest BCUT2D eigenvalue weighted by Gasteiger charge is -2.37. The summed E-state index contributed by atoms with van der Waals surface area (Å²) in [7, 11) is 1.38. The maximum Gasteiger partial charge on any atom is 0.312 e. The van der Waals surface area contributed by atoms with Crippen LogP contribution in [0.4, 0.5) is 0 Å². The summed E-state index contributed by atoms with van der Waals surface area (Å²) in [6.45, 7) is 5.07. The molecule has 2 saturated heterocycles. The highest BCUT2D eigenvalue weighted by molar-refractivity contribution is 5.95. The van der Waals surface area contributed by atoms with Gasteiger partial charge in [-0.25, -0.2) is 0 Å². The quantitative estimate of drug-likeness (QED) is 0.561. The fourth-order valence-electron chi connectivity index (χ4n) is 5.19. The molecule has 3 aliphatic rings. The van der Waals surface area contributed by atoms with Gasteiger partial charge >= 0.3 is 5.97 Å². The molecule has 0 unspecified atom stereocenters. The van der Waals surface area contributed by atoms with E-state index in [2.05, 4.69) is 6.08 Å². The predicted molar refractivity (Wildman–Crippen MR) is 105 cm³/mol. The summed E-state index contributed by atoms with van der Waals surface area (Å²) in [5.74, 6) is -0.953. The minimum atomic E-state index is -0.903. The Hall–Kier alpha value is -2.40. The number of fused-ring (bicyclic) bond motifs is 1. The van der Waals surface area contributed by atoms with Crippen molar-refractivity contribution in [1.29, 1.82) is 0 Å². The second kappa shape index (κ2) is 6.89. The first-order valence-corrected chi connectivity index (χ1v) is 9.85. The van der Waals surface area contributed by atoms with Crippen LogP contribution in [0.25, 0.3) is 0 Å². The number of allylic oxidation sites excluding steroid dienone is 2. The average molecular weight is 381 g/mol. The van der Waals surface area contributed by atoms with Crippen molar-refractivity contribution in [2.45, 2.75) is 44.9 Å². The molecule has 28 heavy (non-hydrogen) atoms. The maximum absolute atomic E-state index is 13.8. The first kappa shape index (κ1) is 18.9. The van der Waals surface area contributed by atoms with Crippen LogP contribution in [-0.2, 0) is 25.6 Å². The van der Waals surface area contributed by atoms with Crippen LogP contribution in [0.15, 0.2) is 54.1 Å². The molecule has 5 nitrogen and oxygen atoms in total. The Balaban J connectivity index is 1.72. The summed E-state index contributed by atoms with van der Waals surface area (Å²) >= 11 is 0. The lowest BCUT2D eigenvalue weighted by atomic mass is 9.61. The number of esters is 1. The van der Waals surface area contributed by atoms with E-state index in [0.29, 0.717) is 19.5 Å². The third-order valence-electron chi connectivity index (χ3n) is 6.37. The van der Waals surface area contributed by atoms with E-state index < -0.39 is 16.9 Å². The molecule has 3 heterocycles. The first-order chi connectivity index (χ1) is 13.4. The molecule has 4 rings (SSSR count). The Kier molecular flexibility index (Phi) is 4.66. The van der Waals surface area contributed by atoms with Crippen molar-refractivity contribution in [3.8, 4) is 0 Å². The standard InChI is InChI=1S/C23H27NO4/c1-16(2)8-7-12-23-19(20(25)27-3)18-11-13-22(23,28-18)15-24(21(23)26)14-17-9-5-4-6-10-17/h4-6,8-11,13,18-19H,7,12,14-15H2,1-3H3/t18-,19+,22-,23+/m1/s1. The summed E-state index contributed by atoms with van der Waals surface area (Å²) < 4.78 is 11.4. The molecule has 148 valence electrons. The molecule has 1 amide bonds. The van der Waals surface area contributed by atoms with Gasteiger partial charge in [-0.15, -0.1) is 0 Å². The van der Waals surface area contributed by atoms with Crippen LogP contribution in [0.3, 0.4) is 0 Å². The van der Waals surface area contributed by atoms with Gasteiger partial charge in [0.2, 0.25) is 5.91 Å². The molecular weight excluding hydrogens is 354 g/mol. The molecule has 1 spiro atoms. The first-order valence-electron chi connectivity index (χ1n) is 9.85. The highest BCUT2D eigenvalue weighted by Crippen LogP contribution is 2.62. The van der Waals surface area contributed by atoms with E-state index in [1.807, 2.05) is 61.2 Å². The lowest BCUT2D eigenvalue weighted by molar-refractivity contribution is -0.156. The second-order valence-corrected chi connectivity index (χ2v) is 8.27. The fourth-order valence-corrected chi connectivity index (χ4v) is 5.19. The molecule has 0 saturated carbocycles. The SMILES string of the molecule is COC(=O)[C@@H]1[C@H]2C=C[C@]3(CN(Cc4ccccc4)C(=O)[C@]13CCC=C(C)C)O2. The molecule has 3 aliphatic heterocycles. The second-order valence-electron chi connectivity index (χ2n) is 8.27. The summed E-state index contributed by atoms with van der Waals surface area (Å²) in [5.41, 5.74) is 0.615. The van der Waals surface area contributed by atoms with Crippen molar-refractivity contribution in [3.63, 3.8) is 0 Å². The zero-order valence-corrected chi connectivity index (χ0v) is 16.7. The zero-order valence-electron chi connectivity index (χ0n) is 16.7. The number of rotatable bonds is 6. The van der Waals surface area contributed by atoms with Gasteiger partial charge in [0.25, 0.3) is 0 Å². The number of amides is 1. The summed E-state index contributed by atoms with van der Waals surface area (Å²) in [4.78, 5) is 28.4. The van der Waals surface area contributed by atoms with Gasteiger partial charge in [0.05, 0.1) is 19.8 Å². The van der Waals surface area contributed by atoms with Crippen LogP contribution in [-0.4, -0.2) is 42.1 Å². The smallest absolute Gasteiger partial charge is 0.312 e. The van der Waals surface area contributed by atoms with Crippen molar-refractivity contribution < 1.29 is 19.1 Å². The third kappa shape index (κ3) is 2.64. The lowest BCUT2D eigenvalue weighted by Crippen LogP contribution is -2.52. The van der Waals surface area contributed by atoms with Gasteiger partial charge in [-0.1, -0.05) is 54.1 Å². The monoisotopic (exact) mass is 381 g/mol. The van der Waals surface area contributed by atoms with E-state index in [9.17, 15) is 9.59 Å². The van der Waals surface area contributed by atoms with Crippen molar-refractivity contribution >= 4 is 11.9 Å². The predicted octanol–water partition coefficient (Wildman–Crippen LogP) is 3.26. The van der Waals surface area contributed by atoms with Crippen LogP contribution in [0.2, 0.25) is 0 Å². The van der Waals surface area contributed by atoms with Crippen LogP contribution >= 0.6 is 0 Å². The Morgan fingerprint density at radius 1 is 1.32 bits per heavy atom. The number of carbonyl (C=O) groups is 2. The van der Waals surface area contributed by atoms with Gasteiger partial charge in [-0.05, 0) is 32.3 Å². The summed E-state index contributed by atoms with van der Waals surface area (Å²) in [6.07, 6.45) is 6.99. The number of carbonyl (C=O) groups excluding carboxylic acids is 2. The molecule has 0 radical (unpaired) electrons. The molecule has 1 aromatic carbocycles. The largest absolute Gasteiger partial charge is 0.469 e. The van der Waals surface area contributed by atoms with E-state index in [-0.39, 0.29) is 18.0 Å². The van der Waals surface area contributed by atoms with E-state index >= 15 is 0 Å². The number of benzene rings is 1.